The van der Waals surface area contributed by atoms with Gasteiger partial charge < -0.3 is 5.32 Å². The number of amidine groups is 2. The summed E-state index contributed by atoms with van der Waals surface area (Å²) in [5.74, 6) is 0.296. The van der Waals surface area contributed by atoms with E-state index >= 15 is 0 Å². The van der Waals surface area contributed by atoms with Gasteiger partial charge in [0.25, 0.3) is 5.91 Å². The maximum Gasteiger partial charge on any atom is 0.259 e. The lowest BCUT2D eigenvalue weighted by molar-refractivity contribution is -0.128. The first kappa shape index (κ1) is 23.0. The summed E-state index contributed by atoms with van der Waals surface area (Å²) >= 11 is 1.47. The van der Waals surface area contributed by atoms with Gasteiger partial charge in [0.2, 0.25) is 5.91 Å². The number of benzene rings is 3. The lowest BCUT2D eigenvalue weighted by Gasteiger charge is -2.25. The predicted octanol–water partition coefficient (Wildman–Crippen LogP) is 4.73. The Morgan fingerprint density at radius 2 is 1.74 bits per heavy atom. The monoisotopic (exact) mass is 486 g/mol. The minimum atomic E-state index is -0.824. The standard InChI is InChI=1S/C27H23FN4O2S/c1-17-6-8-19(9-7-17)16-35-27-31-22-5-3-2-4-21(22)25-30-23(26(34)32(25)27)14-24(33)29-15-18-10-12-20(28)13-11-18/h2-13,23H,14-16H2,1H3,(H,29,33). The van der Waals surface area contributed by atoms with Crippen molar-refractivity contribution in [3.8, 4) is 0 Å². The number of fused-ring (bicyclic) bond motifs is 3. The second-order valence-corrected chi connectivity index (χ2v) is 9.38. The zero-order valence-corrected chi connectivity index (χ0v) is 19.9. The first-order valence-corrected chi connectivity index (χ1v) is 12.3. The molecule has 0 spiro atoms. The number of hydrogen-bond acceptors (Lipinski definition) is 5. The van der Waals surface area contributed by atoms with Crippen LogP contribution < -0.4 is 5.32 Å². The Hall–Kier alpha value is -3.78. The number of aliphatic imine (C=N–C) groups is 2. The SMILES string of the molecule is Cc1ccc(CSC2=Nc3ccccc3C3=NC(CC(=O)NCc4ccc(F)cc4)C(=O)N23)cc1. The molecule has 2 amide bonds. The molecule has 5 rings (SSSR count). The van der Waals surface area contributed by atoms with Crippen LogP contribution in [0.3, 0.4) is 0 Å². The van der Waals surface area contributed by atoms with E-state index in [1.807, 2.05) is 31.2 Å². The molecule has 1 N–H and O–H groups in total. The smallest absolute Gasteiger partial charge is 0.259 e. The summed E-state index contributed by atoms with van der Waals surface area (Å²) in [7, 11) is 0. The van der Waals surface area contributed by atoms with Crippen molar-refractivity contribution < 1.29 is 14.0 Å². The van der Waals surface area contributed by atoms with E-state index in [0.29, 0.717) is 16.8 Å². The van der Waals surface area contributed by atoms with Crippen LogP contribution >= 0.6 is 11.8 Å². The highest BCUT2D eigenvalue weighted by Gasteiger charge is 2.42. The lowest BCUT2D eigenvalue weighted by Crippen LogP contribution is -2.42. The van der Waals surface area contributed by atoms with Gasteiger partial charge in [-0.2, -0.15) is 0 Å². The molecule has 2 heterocycles. The molecule has 0 aromatic heterocycles. The quantitative estimate of drug-likeness (QED) is 0.547. The van der Waals surface area contributed by atoms with Crippen molar-refractivity contribution in [2.75, 3.05) is 0 Å². The van der Waals surface area contributed by atoms with E-state index in [9.17, 15) is 14.0 Å². The van der Waals surface area contributed by atoms with E-state index in [2.05, 4.69) is 34.6 Å². The summed E-state index contributed by atoms with van der Waals surface area (Å²) in [6, 6.07) is 20.9. The number of rotatable bonds is 6. The van der Waals surface area contributed by atoms with Crippen LogP contribution in [0.15, 0.2) is 82.8 Å². The van der Waals surface area contributed by atoms with Crippen LogP contribution in [0.4, 0.5) is 10.1 Å². The maximum absolute atomic E-state index is 13.4. The van der Waals surface area contributed by atoms with Crippen molar-refractivity contribution >= 4 is 40.3 Å². The first-order valence-electron chi connectivity index (χ1n) is 11.3. The van der Waals surface area contributed by atoms with Crippen LogP contribution in [0.2, 0.25) is 0 Å². The number of carbonyl (C=O) groups is 2. The molecular weight excluding hydrogens is 463 g/mol. The van der Waals surface area contributed by atoms with E-state index in [0.717, 1.165) is 22.4 Å². The number of hydrogen-bond donors (Lipinski definition) is 1. The van der Waals surface area contributed by atoms with Gasteiger partial charge in [-0.1, -0.05) is 65.9 Å². The Kier molecular flexibility index (Phi) is 6.46. The summed E-state index contributed by atoms with van der Waals surface area (Å²) in [6.45, 7) is 2.29. The highest BCUT2D eigenvalue weighted by Crippen LogP contribution is 2.34. The molecule has 2 aliphatic rings. The highest BCUT2D eigenvalue weighted by atomic mass is 32.2. The highest BCUT2D eigenvalue weighted by molar-refractivity contribution is 8.13. The molecule has 1 atom stereocenters. The van der Waals surface area contributed by atoms with E-state index in [1.54, 1.807) is 17.0 Å². The van der Waals surface area contributed by atoms with Crippen LogP contribution in [0.5, 0.6) is 0 Å². The molecule has 1 unspecified atom stereocenters. The number of carbonyl (C=O) groups excluding carboxylic acids is 2. The fraction of sp³-hybridized carbons (Fsp3) is 0.185. The minimum absolute atomic E-state index is 0.0713. The van der Waals surface area contributed by atoms with Crippen molar-refractivity contribution in [2.45, 2.75) is 31.7 Å². The molecular formula is C27H23FN4O2S. The first-order chi connectivity index (χ1) is 17.0. The van der Waals surface area contributed by atoms with Gasteiger partial charge in [-0.05, 0) is 42.3 Å². The van der Waals surface area contributed by atoms with Crippen molar-refractivity contribution in [2.24, 2.45) is 9.98 Å². The third-order valence-corrected chi connectivity index (χ3v) is 6.83. The van der Waals surface area contributed by atoms with Gasteiger partial charge in [-0.15, -0.1) is 0 Å². The molecule has 0 saturated heterocycles. The zero-order valence-electron chi connectivity index (χ0n) is 19.1. The number of thioether (sulfide) groups is 1. The van der Waals surface area contributed by atoms with E-state index in [-0.39, 0.29) is 30.6 Å². The van der Waals surface area contributed by atoms with Crippen molar-refractivity contribution in [3.05, 3.63) is 101 Å². The van der Waals surface area contributed by atoms with Crippen LogP contribution in [0.1, 0.15) is 28.7 Å². The third-order valence-electron chi connectivity index (χ3n) is 5.82. The molecule has 0 fully saturated rings. The van der Waals surface area contributed by atoms with Crippen LogP contribution in [-0.2, 0) is 21.9 Å². The Morgan fingerprint density at radius 1 is 1.03 bits per heavy atom. The Morgan fingerprint density at radius 3 is 2.51 bits per heavy atom. The average Bonchev–Trinajstić information content (AvgIpc) is 3.19. The molecule has 3 aromatic rings. The van der Waals surface area contributed by atoms with Gasteiger partial charge in [0.15, 0.2) is 5.17 Å². The Bertz CT molecular complexity index is 1340. The summed E-state index contributed by atoms with van der Waals surface area (Å²) in [5.41, 5.74) is 4.62. The average molecular weight is 487 g/mol. The number of aryl methyl sites for hydroxylation is 1. The molecule has 176 valence electrons. The largest absolute Gasteiger partial charge is 0.352 e. The summed E-state index contributed by atoms with van der Waals surface area (Å²) in [6.07, 6.45) is -0.0713. The van der Waals surface area contributed by atoms with E-state index in [1.165, 1.54) is 29.5 Å². The van der Waals surface area contributed by atoms with Gasteiger partial charge in [0.05, 0.1) is 12.1 Å². The van der Waals surface area contributed by atoms with Gasteiger partial charge in [-0.25, -0.2) is 14.3 Å². The fourth-order valence-electron chi connectivity index (χ4n) is 3.91. The molecule has 0 aliphatic carbocycles. The van der Waals surface area contributed by atoms with Crippen molar-refractivity contribution in [1.82, 2.24) is 10.2 Å². The predicted molar refractivity (Wildman–Crippen MR) is 136 cm³/mol. The Balaban J connectivity index is 1.32. The summed E-state index contributed by atoms with van der Waals surface area (Å²) in [5, 5.41) is 3.35. The molecule has 0 bridgehead atoms. The fourth-order valence-corrected chi connectivity index (χ4v) is 4.87. The molecule has 6 nitrogen and oxygen atoms in total. The molecule has 3 aromatic carbocycles. The number of para-hydroxylation sites is 1. The van der Waals surface area contributed by atoms with Crippen LogP contribution in [-0.4, -0.2) is 33.8 Å². The lowest BCUT2D eigenvalue weighted by atomic mass is 10.1. The van der Waals surface area contributed by atoms with Gasteiger partial charge >= 0.3 is 0 Å². The van der Waals surface area contributed by atoms with Gasteiger partial charge in [0.1, 0.15) is 17.7 Å². The molecule has 2 aliphatic heterocycles. The van der Waals surface area contributed by atoms with Crippen molar-refractivity contribution in [3.63, 3.8) is 0 Å². The maximum atomic E-state index is 13.4. The van der Waals surface area contributed by atoms with E-state index < -0.39 is 6.04 Å². The number of amides is 2. The molecule has 8 heteroatoms. The third kappa shape index (κ3) is 5.02. The molecule has 0 saturated carbocycles. The zero-order chi connectivity index (χ0) is 24.4. The molecule has 0 radical (unpaired) electrons. The minimum Gasteiger partial charge on any atom is -0.352 e. The van der Waals surface area contributed by atoms with Crippen LogP contribution in [0.25, 0.3) is 0 Å². The number of nitrogens with one attached hydrogen (secondary N) is 1. The molecule has 35 heavy (non-hydrogen) atoms. The van der Waals surface area contributed by atoms with Gasteiger partial charge in [0, 0.05) is 17.9 Å². The Labute approximate surface area is 207 Å². The summed E-state index contributed by atoms with van der Waals surface area (Å²) in [4.78, 5) is 36.9. The van der Waals surface area contributed by atoms with Crippen LogP contribution in [0, 0.1) is 12.7 Å². The number of halogens is 1. The van der Waals surface area contributed by atoms with Gasteiger partial charge in [-0.3, -0.25) is 14.6 Å². The number of nitrogens with zero attached hydrogens (tertiary/aromatic N) is 3. The van der Waals surface area contributed by atoms with Crippen molar-refractivity contribution in [1.29, 1.82) is 0 Å². The summed E-state index contributed by atoms with van der Waals surface area (Å²) < 4.78 is 13.1. The van der Waals surface area contributed by atoms with E-state index in [4.69, 9.17) is 4.99 Å². The topological polar surface area (TPSA) is 74.1 Å². The second kappa shape index (κ2) is 9.84. The normalized spacial score (nSPS) is 16.3. The second-order valence-electron chi connectivity index (χ2n) is 8.44.